The zero-order chi connectivity index (χ0) is 11.4. The zero-order valence-corrected chi connectivity index (χ0v) is 8.30. The van der Waals surface area contributed by atoms with Gasteiger partial charge in [-0.3, -0.25) is 0 Å². The molecule has 0 aliphatic rings. The molecule has 2 atom stereocenters. The fraction of sp³-hybridized carbons (Fsp3) is 0.400. The molecule has 2 unspecified atom stereocenters. The molecule has 0 fully saturated rings. The molecule has 0 spiro atoms. The number of aliphatic hydroxyl groups is 3. The molecule has 0 aromatic heterocycles. The predicted octanol–water partition coefficient (Wildman–Crippen LogP) is -0.372. The van der Waals surface area contributed by atoms with Crippen molar-refractivity contribution < 1.29 is 15.3 Å². The number of hydrogen-bond acceptors (Lipinski definition) is 5. The molecular formula is C10H16N2O3. The Morgan fingerprint density at radius 3 is 2.33 bits per heavy atom. The van der Waals surface area contributed by atoms with E-state index in [4.69, 9.17) is 16.6 Å². The molecular weight excluding hydrogens is 196 g/mol. The first-order chi connectivity index (χ1) is 7.06. The molecule has 5 nitrogen and oxygen atoms in total. The second-order valence-corrected chi connectivity index (χ2v) is 3.41. The lowest BCUT2D eigenvalue weighted by Crippen LogP contribution is -2.19. The second kappa shape index (κ2) is 4.97. The van der Waals surface area contributed by atoms with Gasteiger partial charge in [-0.2, -0.15) is 0 Å². The summed E-state index contributed by atoms with van der Waals surface area (Å²) in [6.07, 6.45) is -1.94. The number of benzene rings is 1. The summed E-state index contributed by atoms with van der Waals surface area (Å²) in [5.74, 6) is 0. The first kappa shape index (κ1) is 11.8. The van der Waals surface area contributed by atoms with Crippen molar-refractivity contribution in [2.24, 2.45) is 0 Å². The summed E-state index contributed by atoms with van der Waals surface area (Å²) < 4.78 is 0. The Kier molecular flexibility index (Phi) is 3.90. The maximum absolute atomic E-state index is 9.68. The minimum Gasteiger partial charge on any atom is -0.397 e. The highest BCUT2D eigenvalue weighted by Crippen LogP contribution is 2.24. The minimum atomic E-state index is -1.06. The lowest BCUT2D eigenvalue weighted by Gasteiger charge is -2.17. The van der Waals surface area contributed by atoms with E-state index >= 15 is 0 Å². The fourth-order valence-corrected chi connectivity index (χ4v) is 1.29. The van der Waals surface area contributed by atoms with Gasteiger partial charge >= 0.3 is 0 Å². The third-order valence-electron chi connectivity index (χ3n) is 2.24. The average Bonchev–Trinajstić information content (AvgIpc) is 2.21. The Morgan fingerprint density at radius 2 is 1.80 bits per heavy atom. The molecule has 7 N–H and O–H groups in total. The Bertz CT molecular complexity index is 330. The highest BCUT2D eigenvalue weighted by molar-refractivity contribution is 5.64. The molecule has 84 valence electrons. The van der Waals surface area contributed by atoms with E-state index in [-0.39, 0.29) is 13.0 Å². The summed E-state index contributed by atoms with van der Waals surface area (Å²) in [4.78, 5) is 0. The highest BCUT2D eigenvalue weighted by Gasteiger charge is 2.18. The number of nitrogen functional groups attached to an aromatic ring is 2. The van der Waals surface area contributed by atoms with Crippen LogP contribution in [0.3, 0.4) is 0 Å². The molecule has 5 heteroatoms. The molecule has 0 saturated carbocycles. The van der Waals surface area contributed by atoms with Crippen molar-refractivity contribution in [2.75, 3.05) is 18.1 Å². The first-order valence-electron chi connectivity index (χ1n) is 4.68. The smallest absolute Gasteiger partial charge is 0.105 e. The standard InChI is InChI=1S/C10H16N2O3/c11-7-2-1-6(5-8(7)12)10(15)9(14)3-4-13/h1-2,5,9-10,13-15H,3-4,11-12H2. The van der Waals surface area contributed by atoms with Crippen LogP contribution in [0.4, 0.5) is 11.4 Å². The van der Waals surface area contributed by atoms with E-state index in [1.165, 1.54) is 6.07 Å². The lowest BCUT2D eigenvalue weighted by atomic mass is 10.0. The van der Waals surface area contributed by atoms with Gasteiger partial charge in [0.15, 0.2) is 0 Å². The zero-order valence-electron chi connectivity index (χ0n) is 8.30. The van der Waals surface area contributed by atoms with Gasteiger partial charge in [-0.1, -0.05) is 6.07 Å². The van der Waals surface area contributed by atoms with Crippen LogP contribution < -0.4 is 11.5 Å². The molecule has 0 saturated heterocycles. The summed E-state index contributed by atoms with van der Waals surface area (Å²) >= 11 is 0. The predicted molar refractivity (Wildman–Crippen MR) is 57.9 cm³/mol. The van der Waals surface area contributed by atoms with Gasteiger partial charge in [-0.05, 0) is 24.1 Å². The van der Waals surface area contributed by atoms with Crippen LogP contribution in [-0.2, 0) is 0 Å². The third kappa shape index (κ3) is 2.82. The summed E-state index contributed by atoms with van der Waals surface area (Å²) in [7, 11) is 0. The van der Waals surface area contributed by atoms with Gasteiger partial charge in [0.2, 0.25) is 0 Å². The van der Waals surface area contributed by atoms with Crippen LogP contribution in [0.15, 0.2) is 18.2 Å². The topological polar surface area (TPSA) is 113 Å². The van der Waals surface area contributed by atoms with E-state index in [0.29, 0.717) is 16.9 Å². The number of rotatable bonds is 4. The van der Waals surface area contributed by atoms with Crippen molar-refractivity contribution in [3.63, 3.8) is 0 Å². The average molecular weight is 212 g/mol. The number of hydrogen-bond donors (Lipinski definition) is 5. The van der Waals surface area contributed by atoms with Crippen molar-refractivity contribution in [1.29, 1.82) is 0 Å². The lowest BCUT2D eigenvalue weighted by molar-refractivity contribution is 0.00425. The normalized spacial score (nSPS) is 14.9. The number of aliphatic hydroxyl groups excluding tert-OH is 3. The quantitative estimate of drug-likeness (QED) is 0.437. The Morgan fingerprint density at radius 1 is 1.13 bits per heavy atom. The van der Waals surface area contributed by atoms with Gasteiger partial charge in [-0.25, -0.2) is 0 Å². The largest absolute Gasteiger partial charge is 0.397 e. The summed E-state index contributed by atoms with van der Waals surface area (Å²) in [6, 6.07) is 4.68. The maximum Gasteiger partial charge on any atom is 0.105 e. The van der Waals surface area contributed by atoms with E-state index in [9.17, 15) is 10.2 Å². The molecule has 15 heavy (non-hydrogen) atoms. The highest BCUT2D eigenvalue weighted by atomic mass is 16.3. The van der Waals surface area contributed by atoms with E-state index < -0.39 is 12.2 Å². The Hall–Kier alpha value is -1.30. The molecule has 0 amide bonds. The van der Waals surface area contributed by atoms with Crippen molar-refractivity contribution in [3.05, 3.63) is 23.8 Å². The molecule has 1 aromatic rings. The summed E-state index contributed by atoms with van der Waals surface area (Å²) in [6.45, 7) is -0.178. The van der Waals surface area contributed by atoms with Crippen LogP contribution in [0, 0.1) is 0 Å². The van der Waals surface area contributed by atoms with Gasteiger partial charge in [0, 0.05) is 6.61 Å². The van der Waals surface area contributed by atoms with Gasteiger partial charge in [0.1, 0.15) is 6.10 Å². The van der Waals surface area contributed by atoms with Crippen LogP contribution in [0.5, 0.6) is 0 Å². The van der Waals surface area contributed by atoms with E-state index in [1.807, 2.05) is 0 Å². The van der Waals surface area contributed by atoms with Crippen LogP contribution in [0.2, 0.25) is 0 Å². The van der Waals surface area contributed by atoms with E-state index in [2.05, 4.69) is 0 Å². The molecule has 0 heterocycles. The third-order valence-corrected chi connectivity index (χ3v) is 2.24. The maximum atomic E-state index is 9.68. The van der Waals surface area contributed by atoms with Crippen molar-refractivity contribution >= 4 is 11.4 Å². The molecule has 1 rings (SSSR count). The van der Waals surface area contributed by atoms with Crippen LogP contribution in [0.25, 0.3) is 0 Å². The van der Waals surface area contributed by atoms with Gasteiger partial charge in [-0.15, -0.1) is 0 Å². The van der Waals surface area contributed by atoms with Gasteiger partial charge in [0.25, 0.3) is 0 Å². The number of anilines is 2. The molecule has 0 aliphatic heterocycles. The van der Waals surface area contributed by atoms with Crippen molar-refractivity contribution in [3.8, 4) is 0 Å². The Labute approximate surface area is 88.0 Å². The van der Waals surface area contributed by atoms with Crippen molar-refractivity contribution in [1.82, 2.24) is 0 Å². The van der Waals surface area contributed by atoms with E-state index in [0.717, 1.165) is 0 Å². The van der Waals surface area contributed by atoms with Gasteiger partial charge < -0.3 is 26.8 Å². The summed E-state index contributed by atoms with van der Waals surface area (Å²) in [5.41, 5.74) is 12.4. The monoisotopic (exact) mass is 212 g/mol. The Balaban J connectivity index is 2.81. The molecule has 0 aliphatic carbocycles. The first-order valence-corrected chi connectivity index (χ1v) is 4.68. The molecule has 0 bridgehead atoms. The van der Waals surface area contributed by atoms with Crippen molar-refractivity contribution in [2.45, 2.75) is 18.6 Å². The SMILES string of the molecule is Nc1ccc(C(O)C(O)CCO)cc1N. The summed E-state index contributed by atoms with van der Waals surface area (Å²) in [5, 5.41) is 27.7. The fourth-order valence-electron chi connectivity index (χ4n) is 1.29. The number of nitrogens with two attached hydrogens (primary N) is 2. The molecule has 1 aromatic carbocycles. The van der Waals surface area contributed by atoms with Crippen LogP contribution in [-0.4, -0.2) is 28.0 Å². The molecule has 0 radical (unpaired) electrons. The second-order valence-electron chi connectivity index (χ2n) is 3.41. The van der Waals surface area contributed by atoms with Crippen LogP contribution in [0.1, 0.15) is 18.1 Å². The van der Waals surface area contributed by atoms with Crippen LogP contribution >= 0.6 is 0 Å². The van der Waals surface area contributed by atoms with Gasteiger partial charge in [0.05, 0.1) is 17.5 Å². The van der Waals surface area contributed by atoms with E-state index in [1.54, 1.807) is 12.1 Å². The minimum absolute atomic E-state index is 0.117.